The average molecular weight is 563 g/mol. The van der Waals surface area contributed by atoms with Crippen LogP contribution in [0.2, 0.25) is 5.02 Å². The Kier molecular flexibility index (Phi) is 6.87. The van der Waals surface area contributed by atoms with Crippen LogP contribution in [0.1, 0.15) is 44.5 Å². The highest BCUT2D eigenvalue weighted by atomic mass is 35.5. The number of rotatable bonds is 7. The van der Waals surface area contributed by atoms with Gasteiger partial charge in [0.05, 0.1) is 37.0 Å². The molecule has 4 heterocycles. The number of carbonyl (C=O) groups is 1. The van der Waals surface area contributed by atoms with Gasteiger partial charge in [0, 0.05) is 25.2 Å². The van der Waals surface area contributed by atoms with E-state index in [0.29, 0.717) is 52.5 Å². The highest BCUT2D eigenvalue weighted by molar-refractivity contribution is 6.32. The van der Waals surface area contributed by atoms with E-state index >= 15 is 0 Å². The van der Waals surface area contributed by atoms with Crippen molar-refractivity contribution in [2.45, 2.75) is 59.0 Å². The van der Waals surface area contributed by atoms with E-state index in [9.17, 15) is 18.0 Å². The van der Waals surface area contributed by atoms with E-state index in [0.717, 1.165) is 6.20 Å². The topological polar surface area (TPSA) is 95.9 Å². The molecule has 0 saturated heterocycles. The number of fused-ring (bicyclic) bond motifs is 1. The third-order valence-corrected chi connectivity index (χ3v) is 6.72. The van der Waals surface area contributed by atoms with Crippen LogP contribution in [0.15, 0.2) is 30.6 Å². The third-order valence-electron chi connectivity index (χ3n) is 6.44. The van der Waals surface area contributed by atoms with Crippen molar-refractivity contribution < 1.29 is 22.7 Å². The number of aromatic nitrogens is 7. The molecule has 14 heteroatoms. The Balaban J connectivity index is 1.49. The SMILES string of the molecule is CCn1cc(C(F)(F)F)nc1-c1ccc(CN2C(=O)CCn3nc(-c4c(Cl)cnn4C(C)C)nc32)cc1OC. The third kappa shape index (κ3) is 4.86. The number of benzene rings is 1. The van der Waals surface area contributed by atoms with Crippen molar-refractivity contribution in [2.75, 3.05) is 12.0 Å². The minimum atomic E-state index is -4.57. The summed E-state index contributed by atoms with van der Waals surface area (Å²) in [6.07, 6.45) is -1.81. The first-order chi connectivity index (χ1) is 18.5. The van der Waals surface area contributed by atoms with Crippen molar-refractivity contribution in [2.24, 2.45) is 0 Å². The quantitative estimate of drug-likeness (QED) is 0.306. The van der Waals surface area contributed by atoms with Crippen LogP contribution >= 0.6 is 11.6 Å². The zero-order valence-corrected chi connectivity index (χ0v) is 22.5. The van der Waals surface area contributed by atoms with Gasteiger partial charge in [0.15, 0.2) is 5.69 Å². The van der Waals surface area contributed by atoms with Crippen LogP contribution in [0.5, 0.6) is 5.75 Å². The Labute approximate surface area is 227 Å². The van der Waals surface area contributed by atoms with Crippen molar-refractivity contribution in [1.82, 2.24) is 34.1 Å². The normalized spacial score (nSPS) is 13.9. The predicted octanol–water partition coefficient (Wildman–Crippen LogP) is 5.22. The molecule has 0 fully saturated rings. The molecule has 0 aliphatic carbocycles. The van der Waals surface area contributed by atoms with Crippen molar-refractivity contribution in [3.8, 4) is 28.7 Å². The largest absolute Gasteiger partial charge is 0.496 e. The molecule has 206 valence electrons. The van der Waals surface area contributed by atoms with Gasteiger partial charge in [-0.1, -0.05) is 17.7 Å². The number of carbonyl (C=O) groups excluding carboxylic acids is 1. The molecule has 39 heavy (non-hydrogen) atoms. The zero-order chi connectivity index (χ0) is 28.1. The molecule has 1 aromatic carbocycles. The molecular formula is C25H26ClF3N8O2. The maximum absolute atomic E-state index is 13.3. The molecular weight excluding hydrogens is 537 g/mol. The molecule has 1 aliphatic rings. The molecule has 1 amide bonds. The summed E-state index contributed by atoms with van der Waals surface area (Å²) in [5.74, 6) is 1.07. The zero-order valence-electron chi connectivity index (χ0n) is 21.7. The van der Waals surface area contributed by atoms with Gasteiger partial charge < -0.3 is 9.30 Å². The van der Waals surface area contributed by atoms with Gasteiger partial charge in [-0.15, -0.1) is 5.10 Å². The van der Waals surface area contributed by atoms with Gasteiger partial charge in [0.2, 0.25) is 17.7 Å². The summed E-state index contributed by atoms with van der Waals surface area (Å²) in [5, 5.41) is 9.31. The summed E-state index contributed by atoms with van der Waals surface area (Å²) < 4.78 is 50.2. The number of ether oxygens (including phenoxy) is 1. The van der Waals surface area contributed by atoms with Crippen molar-refractivity contribution >= 4 is 23.5 Å². The average Bonchev–Trinajstić information content (AvgIpc) is 3.61. The lowest BCUT2D eigenvalue weighted by molar-refractivity contribution is -0.140. The van der Waals surface area contributed by atoms with Crippen LogP contribution in [0.25, 0.3) is 22.9 Å². The Morgan fingerprint density at radius 1 is 1.21 bits per heavy atom. The predicted molar refractivity (Wildman–Crippen MR) is 137 cm³/mol. The van der Waals surface area contributed by atoms with E-state index in [2.05, 4.69) is 20.2 Å². The lowest BCUT2D eigenvalue weighted by atomic mass is 10.1. The Hall–Kier alpha value is -3.87. The van der Waals surface area contributed by atoms with Crippen molar-refractivity contribution in [3.05, 3.63) is 46.9 Å². The number of methoxy groups -OCH3 is 1. The minimum absolute atomic E-state index is 0.0206. The molecule has 0 unspecified atom stereocenters. The van der Waals surface area contributed by atoms with E-state index in [-0.39, 0.29) is 30.7 Å². The Morgan fingerprint density at radius 3 is 2.64 bits per heavy atom. The second-order valence-electron chi connectivity index (χ2n) is 9.34. The molecule has 0 bridgehead atoms. The Bertz CT molecular complexity index is 1540. The van der Waals surface area contributed by atoms with Crippen LogP contribution in [-0.4, -0.2) is 47.1 Å². The first-order valence-electron chi connectivity index (χ1n) is 12.3. The van der Waals surface area contributed by atoms with Gasteiger partial charge in [-0.3, -0.25) is 14.4 Å². The number of halogens is 4. The maximum atomic E-state index is 13.3. The van der Waals surface area contributed by atoms with Crippen molar-refractivity contribution in [1.29, 1.82) is 0 Å². The highest BCUT2D eigenvalue weighted by Gasteiger charge is 2.35. The smallest absolute Gasteiger partial charge is 0.434 e. The molecule has 0 atom stereocenters. The van der Waals surface area contributed by atoms with Crippen LogP contribution in [0, 0.1) is 0 Å². The highest BCUT2D eigenvalue weighted by Crippen LogP contribution is 2.36. The molecule has 0 radical (unpaired) electrons. The van der Waals surface area contributed by atoms with E-state index in [1.807, 2.05) is 13.8 Å². The maximum Gasteiger partial charge on any atom is 0.434 e. The van der Waals surface area contributed by atoms with E-state index in [4.69, 9.17) is 16.3 Å². The van der Waals surface area contributed by atoms with E-state index in [1.165, 1.54) is 22.8 Å². The minimum Gasteiger partial charge on any atom is -0.496 e. The van der Waals surface area contributed by atoms with E-state index < -0.39 is 11.9 Å². The van der Waals surface area contributed by atoms with Gasteiger partial charge in [-0.25, -0.2) is 9.67 Å². The molecule has 1 aliphatic heterocycles. The number of anilines is 1. The van der Waals surface area contributed by atoms with Crippen LogP contribution in [0.4, 0.5) is 19.1 Å². The standard InChI is InChI=1S/C25H26ClF3N8O2/c1-5-34-13-19(25(27,28)29)31-23(34)16-7-6-15(10-18(16)39-4)12-35-20(38)8-9-36-24(35)32-22(33-36)21-17(26)11-30-37(21)14(2)3/h6-7,10-11,13-14H,5,8-9,12H2,1-4H3. The molecule has 0 spiro atoms. The fraction of sp³-hybridized carbons (Fsp3) is 0.400. The second kappa shape index (κ2) is 10.0. The summed E-state index contributed by atoms with van der Waals surface area (Å²) >= 11 is 6.39. The summed E-state index contributed by atoms with van der Waals surface area (Å²) in [5.41, 5.74) is 0.693. The molecule has 3 aromatic heterocycles. The fourth-order valence-electron chi connectivity index (χ4n) is 4.54. The van der Waals surface area contributed by atoms with Crippen molar-refractivity contribution in [3.63, 3.8) is 0 Å². The Morgan fingerprint density at radius 2 is 1.97 bits per heavy atom. The summed E-state index contributed by atoms with van der Waals surface area (Å²) in [6.45, 7) is 6.48. The number of nitrogens with zero attached hydrogens (tertiary/aromatic N) is 8. The molecule has 4 aromatic rings. The summed E-state index contributed by atoms with van der Waals surface area (Å²) in [4.78, 5) is 23.0. The van der Waals surface area contributed by atoms with Gasteiger partial charge in [0.25, 0.3) is 0 Å². The van der Waals surface area contributed by atoms with Gasteiger partial charge >= 0.3 is 6.18 Å². The van der Waals surface area contributed by atoms with Gasteiger partial charge in [-0.2, -0.15) is 23.3 Å². The molecule has 10 nitrogen and oxygen atoms in total. The number of imidazole rings is 1. The van der Waals surface area contributed by atoms with Crippen LogP contribution < -0.4 is 9.64 Å². The number of aryl methyl sites for hydroxylation is 2. The lowest BCUT2D eigenvalue weighted by Gasteiger charge is -2.26. The number of hydrogen-bond acceptors (Lipinski definition) is 6. The van der Waals surface area contributed by atoms with E-state index in [1.54, 1.807) is 34.5 Å². The second-order valence-corrected chi connectivity index (χ2v) is 9.74. The lowest BCUT2D eigenvalue weighted by Crippen LogP contribution is -2.37. The number of alkyl halides is 3. The summed E-state index contributed by atoms with van der Waals surface area (Å²) in [6, 6.07) is 5.08. The molecule has 0 saturated carbocycles. The van der Waals surface area contributed by atoms with Gasteiger partial charge in [0.1, 0.15) is 17.3 Å². The van der Waals surface area contributed by atoms with Crippen LogP contribution in [0.3, 0.4) is 0 Å². The molecule has 5 rings (SSSR count). The van der Waals surface area contributed by atoms with Crippen LogP contribution in [-0.2, 0) is 30.6 Å². The molecule has 0 N–H and O–H groups in total. The number of hydrogen-bond donors (Lipinski definition) is 0. The first kappa shape index (κ1) is 26.7. The monoisotopic (exact) mass is 562 g/mol. The number of amides is 1. The van der Waals surface area contributed by atoms with Gasteiger partial charge in [-0.05, 0) is 38.5 Å². The first-order valence-corrected chi connectivity index (χ1v) is 12.7. The fourth-order valence-corrected chi connectivity index (χ4v) is 4.76. The summed E-state index contributed by atoms with van der Waals surface area (Å²) in [7, 11) is 1.43.